The van der Waals surface area contributed by atoms with Crippen LogP contribution in [0.1, 0.15) is 20.3 Å². The zero-order valence-electron chi connectivity index (χ0n) is 7.30. The first-order valence-electron chi connectivity index (χ1n) is 4.08. The lowest BCUT2D eigenvalue weighted by Gasteiger charge is -2.25. The van der Waals surface area contributed by atoms with Crippen LogP contribution < -0.4 is 0 Å². The second-order valence-corrected chi connectivity index (χ2v) is 3.43. The third-order valence-corrected chi connectivity index (χ3v) is 1.61. The lowest BCUT2D eigenvalue weighted by Crippen LogP contribution is -2.27. The third kappa shape index (κ3) is 3.04. The van der Waals surface area contributed by atoms with Gasteiger partial charge in [-0.15, -0.1) is 0 Å². The van der Waals surface area contributed by atoms with Gasteiger partial charge in [-0.25, -0.2) is 0 Å². The van der Waals surface area contributed by atoms with Crippen molar-refractivity contribution in [1.29, 1.82) is 0 Å². The summed E-state index contributed by atoms with van der Waals surface area (Å²) in [5.41, 5.74) is 1.03. The summed E-state index contributed by atoms with van der Waals surface area (Å²) in [6, 6.07) is 0. The Labute approximate surface area is 68.2 Å². The maximum atomic E-state index is 5.38. The van der Waals surface area contributed by atoms with Gasteiger partial charge in [-0.05, 0) is 11.5 Å². The molecule has 1 heterocycles. The first kappa shape index (κ1) is 8.75. The Morgan fingerprint density at radius 2 is 2.00 bits per heavy atom. The van der Waals surface area contributed by atoms with Gasteiger partial charge in [0.05, 0.1) is 13.2 Å². The molecule has 0 spiro atoms. The Kier molecular flexibility index (Phi) is 3.09. The van der Waals surface area contributed by atoms with Gasteiger partial charge in [-0.2, -0.15) is 0 Å². The molecule has 0 N–H and O–H groups in total. The molecule has 2 nitrogen and oxygen atoms in total. The van der Waals surface area contributed by atoms with Gasteiger partial charge in [0, 0.05) is 6.42 Å². The topological polar surface area (TPSA) is 18.5 Å². The van der Waals surface area contributed by atoms with Gasteiger partial charge in [-0.1, -0.05) is 20.4 Å². The van der Waals surface area contributed by atoms with Crippen LogP contribution in [0.25, 0.3) is 0 Å². The largest absolute Gasteiger partial charge is 0.348 e. The molecular weight excluding hydrogens is 140 g/mol. The van der Waals surface area contributed by atoms with E-state index in [2.05, 4.69) is 20.4 Å². The predicted molar refractivity (Wildman–Crippen MR) is 44.3 cm³/mol. The fourth-order valence-electron chi connectivity index (χ4n) is 1.03. The Morgan fingerprint density at radius 3 is 2.45 bits per heavy atom. The van der Waals surface area contributed by atoms with Crippen LogP contribution in [0.2, 0.25) is 0 Å². The molecule has 0 aromatic rings. The molecule has 0 aliphatic carbocycles. The van der Waals surface area contributed by atoms with E-state index in [4.69, 9.17) is 9.47 Å². The Morgan fingerprint density at radius 1 is 1.45 bits per heavy atom. The van der Waals surface area contributed by atoms with E-state index >= 15 is 0 Å². The van der Waals surface area contributed by atoms with Crippen molar-refractivity contribution < 1.29 is 9.47 Å². The highest BCUT2D eigenvalue weighted by Gasteiger charge is 2.16. The van der Waals surface area contributed by atoms with Gasteiger partial charge in [0.25, 0.3) is 0 Å². The molecule has 0 atom stereocenters. The minimum absolute atomic E-state index is 0.000463. The van der Waals surface area contributed by atoms with E-state index in [1.165, 1.54) is 0 Å². The zero-order valence-corrected chi connectivity index (χ0v) is 7.30. The van der Waals surface area contributed by atoms with Crippen LogP contribution in [-0.2, 0) is 9.47 Å². The summed E-state index contributed by atoms with van der Waals surface area (Å²) in [6.45, 7) is 9.43. The van der Waals surface area contributed by atoms with Gasteiger partial charge in [0.15, 0.2) is 6.29 Å². The van der Waals surface area contributed by atoms with Crippen LogP contribution in [-0.4, -0.2) is 19.5 Å². The van der Waals surface area contributed by atoms with Crippen molar-refractivity contribution in [2.24, 2.45) is 5.92 Å². The van der Waals surface area contributed by atoms with Crippen LogP contribution in [0, 0.1) is 5.92 Å². The molecular formula is C9H16O2. The Balaban J connectivity index is 2.22. The van der Waals surface area contributed by atoms with E-state index in [1.54, 1.807) is 0 Å². The summed E-state index contributed by atoms with van der Waals surface area (Å²) < 4.78 is 10.8. The molecule has 0 aromatic carbocycles. The molecule has 2 heteroatoms. The van der Waals surface area contributed by atoms with Gasteiger partial charge >= 0.3 is 0 Å². The molecule has 64 valence electrons. The molecule has 0 bridgehead atoms. The maximum Gasteiger partial charge on any atom is 0.158 e. The highest BCUT2D eigenvalue weighted by atomic mass is 16.7. The number of hydrogen-bond acceptors (Lipinski definition) is 2. The van der Waals surface area contributed by atoms with Crippen molar-refractivity contribution in [3.05, 3.63) is 12.2 Å². The second-order valence-electron chi connectivity index (χ2n) is 3.43. The Bertz CT molecular complexity index is 130. The molecule has 0 radical (unpaired) electrons. The lowest BCUT2D eigenvalue weighted by molar-refractivity contribution is -0.163. The van der Waals surface area contributed by atoms with E-state index in [0.29, 0.717) is 19.1 Å². The van der Waals surface area contributed by atoms with Crippen LogP contribution in [0.3, 0.4) is 0 Å². The first-order valence-corrected chi connectivity index (χ1v) is 4.08. The van der Waals surface area contributed by atoms with E-state index in [-0.39, 0.29) is 6.29 Å². The van der Waals surface area contributed by atoms with Crippen LogP contribution in [0.15, 0.2) is 12.2 Å². The number of rotatable bonds is 2. The average Bonchev–Trinajstić information content (AvgIpc) is 1.93. The monoisotopic (exact) mass is 156 g/mol. The summed E-state index contributed by atoms with van der Waals surface area (Å²) in [7, 11) is 0. The van der Waals surface area contributed by atoms with Crippen molar-refractivity contribution in [3.8, 4) is 0 Å². The smallest absolute Gasteiger partial charge is 0.158 e. The van der Waals surface area contributed by atoms with Crippen molar-refractivity contribution >= 4 is 0 Å². The summed E-state index contributed by atoms with van der Waals surface area (Å²) in [5.74, 6) is 0.631. The first-order chi connectivity index (χ1) is 5.18. The van der Waals surface area contributed by atoms with Crippen molar-refractivity contribution in [2.75, 3.05) is 13.2 Å². The maximum absolute atomic E-state index is 5.38. The fraction of sp³-hybridized carbons (Fsp3) is 0.778. The van der Waals surface area contributed by atoms with Gasteiger partial charge in [0.2, 0.25) is 0 Å². The number of hydrogen-bond donors (Lipinski definition) is 0. The minimum atomic E-state index is 0.000463. The van der Waals surface area contributed by atoms with Crippen molar-refractivity contribution in [2.45, 2.75) is 26.6 Å². The molecule has 0 aromatic heterocycles. The Hall–Kier alpha value is -0.340. The summed E-state index contributed by atoms with van der Waals surface area (Å²) >= 11 is 0. The van der Waals surface area contributed by atoms with Crippen molar-refractivity contribution in [1.82, 2.24) is 0 Å². The second kappa shape index (κ2) is 3.88. The van der Waals surface area contributed by atoms with E-state index < -0.39 is 0 Å². The highest BCUT2D eigenvalue weighted by Crippen LogP contribution is 2.15. The summed E-state index contributed by atoms with van der Waals surface area (Å²) in [6.07, 6.45) is 0.980. The quantitative estimate of drug-likeness (QED) is 0.569. The molecule has 0 saturated carbocycles. The fourth-order valence-corrected chi connectivity index (χ4v) is 1.03. The SMILES string of the molecule is C=C1COC(CC(C)C)OC1. The minimum Gasteiger partial charge on any atom is -0.348 e. The van der Waals surface area contributed by atoms with Crippen LogP contribution >= 0.6 is 0 Å². The molecule has 0 unspecified atom stereocenters. The van der Waals surface area contributed by atoms with Gasteiger partial charge in [-0.3, -0.25) is 0 Å². The zero-order chi connectivity index (χ0) is 8.27. The van der Waals surface area contributed by atoms with Gasteiger partial charge in [0.1, 0.15) is 0 Å². The van der Waals surface area contributed by atoms with Crippen LogP contribution in [0.5, 0.6) is 0 Å². The number of ether oxygens (including phenoxy) is 2. The highest BCUT2D eigenvalue weighted by molar-refractivity contribution is 4.96. The molecule has 1 fully saturated rings. The van der Waals surface area contributed by atoms with Crippen molar-refractivity contribution in [3.63, 3.8) is 0 Å². The lowest BCUT2D eigenvalue weighted by atomic mass is 10.1. The molecule has 1 aliphatic heterocycles. The predicted octanol–water partition coefficient (Wildman–Crippen LogP) is 1.96. The van der Waals surface area contributed by atoms with E-state index in [1.807, 2.05) is 0 Å². The normalized spacial score (nSPS) is 21.2. The van der Waals surface area contributed by atoms with Crippen LogP contribution in [0.4, 0.5) is 0 Å². The van der Waals surface area contributed by atoms with Gasteiger partial charge < -0.3 is 9.47 Å². The molecule has 0 amide bonds. The molecule has 1 aliphatic rings. The molecule has 1 rings (SSSR count). The van der Waals surface area contributed by atoms with E-state index in [0.717, 1.165) is 12.0 Å². The summed E-state index contributed by atoms with van der Waals surface area (Å²) in [4.78, 5) is 0. The summed E-state index contributed by atoms with van der Waals surface area (Å²) in [5, 5.41) is 0. The van der Waals surface area contributed by atoms with E-state index in [9.17, 15) is 0 Å². The molecule has 11 heavy (non-hydrogen) atoms. The molecule has 1 saturated heterocycles. The standard InChI is InChI=1S/C9H16O2/c1-7(2)4-9-10-5-8(3)6-11-9/h7,9H,3-6H2,1-2H3. The average molecular weight is 156 g/mol. The third-order valence-electron chi connectivity index (χ3n) is 1.61.